The molecule has 0 saturated heterocycles. The van der Waals surface area contributed by atoms with Gasteiger partial charge < -0.3 is 20.8 Å². The van der Waals surface area contributed by atoms with Gasteiger partial charge in [0.1, 0.15) is 6.54 Å². The van der Waals surface area contributed by atoms with E-state index in [9.17, 15) is 24.3 Å². The molecule has 0 radical (unpaired) electrons. The van der Waals surface area contributed by atoms with E-state index < -0.39 is 35.8 Å². The summed E-state index contributed by atoms with van der Waals surface area (Å²) in [7, 11) is 1.52. The summed E-state index contributed by atoms with van der Waals surface area (Å²) in [6.07, 6.45) is 0.947. The van der Waals surface area contributed by atoms with Crippen LogP contribution in [0.25, 0.3) is 0 Å². The maximum atomic E-state index is 12.8. The van der Waals surface area contributed by atoms with E-state index in [1.807, 2.05) is 12.1 Å². The molecule has 1 atom stereocenters. The third-order valence-electron chi connectivity index (χ3n) is 5.37. The fourth-order valence-electron chi connectivity index (χ4n) is 4.00. The summed E-state index contributed by atoms with van der Waals surface area (Å²) in [6, 6.07) is 5.17. The van der Waals surface area contributed by atoms with E-state index in [-0.39, 0.29) is 6.03 Å². The first-order valence-corrected chi connectivity index (χ1v) is 8.66. The van der Waals surface area contributed by atoms with Gasteiger partial charge >= 0.3 is 18.1 Å². The highest BCUT2D eigenvalue weighted by Gasteiger charge is 2.57. The minimum atomic E-state index is -1.55. The summed E-state index contributed by atoms with van der Waals surface area (Å²) < 4.78 is 0. The molecule has 1 spiro atoms. The number of carbonyl (C=O) groups is 4. The van der Waals surface area contributed by atoms with Gasteiger partial charge in [0.15, 0.2) is 0 Å². The first-order valence-electron chi connectivity index (χ1n) is 8.66. The van der Waals surface area contributed by atoms with Crippen molar-refractivity contribution in [2.75, 3.05) is 18.9 Å². The average molecular weight is 375 g/mol. The van der Waals surface area contributed by atoms with Gasteiger partial charge in [-0.1, -0.05) is 6.07 Å². The molecule has 9 heteroatoms. The molecule has 0 aliphatic heterocycles. The first-order chi connectivity index (χ1) is 12.8. The second-order valence-corrected chi connectivity index (χ2v) is 6.92. The average Bonchev–Trinajstić information content (AvgIpc) is 3.40. The Morgan fingerprint density at radius 2 is 1.93 bits per heavy atom. The summed E-state index contributed by atoms with van der Waals surface area (Å²) in [4.78, 5) is 47.0. The number of anilines is 1. The highest BCUT2D eigenvalue weighted by molar-refractivity contribution is 5.97. The molecular weight excluding hydrogens is 354 g/mol. The molecule has 9 nitrogen and oxygen atoms in total. The van der Waals surface area contributed by atoms with Gasteiger partial charge in [0, 0.05) is 24.1 Å². The maximum Gasteiger partial charge on any atom is 0.414 e. The standard InChI is InChI=1S/C18H21N3O6/c1-19-16(25)20-11-3-5-12-10(8-11)2-4-13(18(12)6-7-18)15(24)21(17(26)27)9-14(22)23/h3,5,8,13H,2,4,6-7,9H2,1H3,(H,22,23)(H,26,27)(H2,19,20,25)/t13-/m0/s1. The number of aryl methyl sites for hydroxylation is 1. The Morgan fingerprint density at radius 1 is 1.22 bits per heavy atom. The van der Waals surface area contributed by atoms with Crippen LogP contribution in [0.5, 0.6) is 0 Å². The Balaban J connectivity index is 1.87. The normalized spacial score (nSPS) is 18.9. The first kappa shape index (κ1) is 18.7. The topological polar surface area (TPSA) is 136 Å². The number of amides is 4. The zero-order valence-corrected chi connectivity index (χ0v) is 14.8. The number of carboxylic acids is 1. The van der Waals surface area contributed by atoms with Crippen molar-refractivity contribution in [2.24, 2.45) is 5.92 Å². The Kier molecular flexibility index (Phi) is 4.77. The Labute approximate surface area is 155 Å². The lowest BCUT2D eigenvalue weighted by molar-refractivity contribution is -0.145. The van der Waals surface area contributed by atoms with Gasteiger partial charge in [-0.15, -0.1) is 0 Å². The van der Waals surface area contributed by atoms with Crippen molar-refractivity contribution < 1.29 is 29.4 Å². The summed E-state index contributed by atoms with van der Waals surface area (Å²) in [5.41, 5.74) is 2.20. The van der Waals surface area contributed by atoms with Crippen LogP contribution in [-0.4, -0.2) is 52.7 Å². The zero-order valence-electron chi connectivity index (χ0n) is 14.8. The van der Waals surface area contributed by atoms with Crippen LogP contribution < -0.4 is 10.6 Å². The monoisotopic (exact) mass is 375 g/mol. The molecule has 27 heavy (non-hydrogen) atoms. The van der Waals surface area contributed by atoms with Gasteiger partial charge in [-0.25, -0.2) is 14.5 Å². The van der Waals surface area contributed by atoms with E-state index in [1.165, 1.54) is 7.05 Å². The molecule has 0 aromatic heterocycles. The minimum absolute atomic E-state index is 0.328. The second-order valence-electron chi connectivity index (χ2n) is 6.92. The van der Waals surface area contributed by atoms with Crippen molar-refractivity contribution in [3.63, 3.8) is 0 Å². The van der Waals surface area contributed by atoms with Crippen LogP contribution in [0.3, 0.4) is 0 Å². The summed E-state index contributed by atoms with van der Waals surface area (Å²) in [5, 5.41) is 23.3. The van der Waals surface area contributed by atoms with Crippen LogP contribution in [0, 0.1) is 5.92 Å². The lowest BCUT2D eigenvalue weighted by Gasteiger charge is -2.35. The van der Waals surface area contributed by atoms with Gasteiger partial charge in [0.05, 0.1) is 0 Å². The van der Waals surface area contributed by atoms with Crippen molar-refractivity contribution in [1.29, 1.82) is 0 Å². The number of rotatable bonds is 4. The van der Waals surface area contributed by atoms with Gasteiger partial charge in [-0.3, -0.25) is 9.59 Å². The largest absolute Gasteiger partial charge is 0.480 e. The molecule has 1 fully saturated rings. The van der Waals surface area contributed by atoms with Crippen LogP contribution in [0.2, 0.25) is 0 Å². The van der Waals surface area contributed by atoms with Crippen LogP contribution in [-0.2, 0) is 21.4 Å². The quantitative estimate of drug-likeness (QED) is 0.631. The molecule has 0 heterocycles. The highest BCUT2D eigenvalue weighted by Crippen LogP contribution is 2.59. The van der Waals surface area contributed by atoms with E-state index in [1.54, 1.807) is 6.07 Å². The third-order valence-corrected chi connectivity index (χ3v) is 5.37. The number of nitrogens with one attached hydrogen (secondary N) is 2. The zero-order chi connectivity index (χ0) is 19.8. The smallest absolute Gasteiger partial charge is 0.414 e. The molecule has 2 aliphatic carbocycles. The number of fused-ring (bicyclic) bond motifs is 2. The van der Waals surface area contributed by atoms with E-state index in [0.29, 0.717) is 23.4 Å². The molecule has 144 valence electrons. The molecule has 1 aromatic carbocycles. The summed E-state index contributed by atoms with van der Waals surface area (Å²) in [6.45, 7) is -0.859. The number of nitrogens with zero attached hydrogens (tertiary/aromatic N) is 1. The third kappa shape index (κ3) is 3.44. The van der Waals surface area contributed by atoms with Crippen molar-refractivity contribution in [3.05, 3.63) is 29.3 Å². The molecule has 4 amide bonds. The van der Waals surface area contributed by atoms with Crippen molar-refractivity contribution in [3.8, 4) is 0 Å². The number of carboxylic acid groups (broad SMARTS) is 2. The SMILES string of the molecule is CNC(=O)Nc1ccc2c(c1)CC[C@@H](C(=O)N(CC(=O)O)C(=O)O)C21CC1. The Hall–Kier alpha value is -3.10. The van der Waals surface area contributed by atoms with Crippen LogP contribution in [0.1, 0.15) is 30.4 Å². The van der Waals surface area contributed by atoms with Crippen LogP contribution in [0.15, 0.2) is 18.2 Å². The predicted octanol–water partition coefficient (Wildman–Crippen LogP) is 1.62. The number of hydrogen-bond donors (Lipinski definition) is 4. The molecule has 4 N–H and O–H groups in total. The fraction of sp³-hybridized carbons (Fsp3) is 0.444. The minimum Gasteiger partial charge on any atom is -0.480 e. The van der Waals surface area contributed by atoms with Crippen LogP contribution in [0.4, 0.5) is 15.3 Å². The number of aliphatic carboxylic acids is 1. The number of benzene rings is 1. The number of imide groups is 1. The van der Waals surface area contributed by atoms with E-state index in [2.05, 4.69) is 10.6 Å². The van der Waals surface area contributed by atoms with Crippen LogP contribution >= 0.6 is 0 Å². The van der Waals surface area contributed by atoms with E-state index in [0.717, 1.165) is 24.0 Å². The van der Waals surface area contributed by atoms with E-state index in [4.69, 9.17) is 5.11 Å². The number of urea groups is 1. The van der Waals surface area contributed by atoms with Crippen molar-refractivity contribution >= 4 is 29.7 Å². The van der Waals surface area contributed by atoms with Crippen molar-refractivity contribution in [2.45, 2.75) is 31.1 Å². The van der Waals surface area contributed by atoms with Gasteiger partial charge in [0.2, 0.25) is 5.91 Å². The molecule has 0 unspecified atom stereocenters. The number of carbonyl (C=O) groups excluding carboxylic acids is 2. The van der Waals surface area contributed by atoms with Gasteiger partial charge in [-0.2, -0.15) is 0 Å². The molecule has 2 aliphatic rings. The summed E-state index contributed by atoms with van der Waals surface area (Å²) in [5.74, 6) is -2.57. The highest BCUT2D eigenvalue weighted by atomic mass is 16.4. The Bertz CT molecular complexity index is 817. The fourth-order valence-corrected chi connectivity index (χ4v) is 4.00. The molecule has 0 bridgehead atoms. The van der Waals surface area contributed by atoms with E-state index >= 15 is 0 Å². The molecule has 1 saturated carbocycles. The lowest BCUT2D eigenvalue weighted by atomic mass is 9.71. The second kappa shape index (κ2) is 6.90. The number of hydrogen-bond acceptors (Lipinski definition) is 4. The Morgan fingerprint density at radius 3 is 2.48 bits per heavy atom. The molecule has 3 rings (SSSR count). The lowest BCUT2D eigenvalue weighted by Crippen LogP contribution is -2.47. The van der Waals surface area contributed by atoms with Crippen molar-refractivity contribution in [1.82, 2.24) is 10.2 Å². The maximum absolute atomic E-state index is 12.8. The van der Waals surface area contributed by atoms with Gasteiger partial charge in [-0.05, 0) is 48.9 Å². The summed E-state index contributed by atoms with van der Waals surface area (Å²) >= 11 is 0. The van der Waals surface area contributed by atoms with Gasteiger partial charge in [0.25, 0.3) is 0 Å². The molecular formula is C18H21N3O6. The predicted molar refractivity (Wildman–Crippen MR) is 94.6 cm³/mol. The molecule has 1 aromatic rings.